The van der Waals surface area contributed by atoms with Crippen LogP contribution in [0.25, 0.3) is 10.8 Å². The standard InChI is InChI=1S/C18H24N2O/c1-18(2,3)16-13-14-9-5-6-10-15(14)17(20(16)21)19-11-7-4-8-12-19/h5-6,9-10,13H,4,7-8,11-12H2,1-3H3. The van der Waals surface area contributed by atoms with E-state index in [0.717, 1.165) is 35.4 Å². The maximum absolute atomic E-state index is 13.0. The lowest BCUT2D eigenvalue weighted by Crippen LogP contribution is -2.46. The van der Waals surface area contributed by atoms with Crippen molar-refractivity contribution >= 4 is 16.6 Å². The van der Waals surface area contributed by atoms with Crippen molar-refractivity contribution in [3.05, 3.63) is 41.2 Å². The third kappa shape index (κ3) is 2.57. The molecule has 1 saturated heterocycles. The van der Waals surface area contributed by atoms with Crippen molar-refractivity contribution < 1.29 is 4.73 Å². The van der Waals surface area contributed by atoms with Gasteiger partial charge in [-0.1, -0.05) is 39.0 Å². The van der Waals surface area contributed by atoms with Gasteiger partial charge < -0.3 is 5.21 Å². The molecule has 3 rings (SSSR count). The predicted octanol–water partition coefficient (Wildman–Crippen LogP) is 3.76. The van der Waals surface area contributed by atoms with Crippen LogP contribution in [-0.2, 0) is 5.41 Å². The van der Waals surface area contributed by atoms with Gasteiger partial charge in [0.15, 0.2) is 0 Å². The molecular formula is C18H24N2O. The fourth-order valence-electron chi connectivity index (χ4n) is 3.18. The molecule has 0 unspecified atom stereocenters. The lowest BCUT2D eigenvalue weighted by atomic mass is 9.90. The first-order valence-corrected chi connectivity index (χ1v) is 7.89. The van der Waals surface area contributed by atoms with Crippen LogP contribution in [0.3, 0.4) is 0 Å². The van der Waals surface area contributed by atoms with E-state index in [9.17, 15) is 5.21 Å². The number of aromatic nitrogens is 1. The van der Waals surface area contributed by atoms with Crippen LogP contribution >= 0.6 is 0 Å². The molecule has 1 fully saturated rings. The first kappa shape index (κ1) is 14.2. The highest BCUT2D eigenvalue weighted by atomic mass is 16.5. The Labute approximate surface area is 126 Å². The molecular weight excluding hydrogens is 260 g/mol. The molecule has 0 saturated carbocycles. The summed E-state index contributed by atoms with van der Waals surface area (Å²) in [6.07, 6.45) is 3.62. The average Bonchev–Trinajstić information content (AvgIpc) is 2.46. The van der Waals surface area contributed by atoms with Gasteiger partial charge in [0.25, 0.3) is 5.82 Å². The van der Waals surface area contributed by atoms with Crippen LogP contribution in [0.15, 0.2) is 30.3 Å². The van der Waals surface area contributed by atoms with Crippen molar-refractivity contribution in [1.82, 2.24) is 0 Å². The highest BCUT2D eigenvalue weighted by Crippen LogP contribution is 2.30. The SMILES string of the molecule is CC(C)(C)c1cc2ccccc2c(N2CCCCC2)[n+]1[O-]. The van der Waals surface area contributed by atoms with Crippen LogP contribution in [0.2, 0.25) is 0 Å². The predicted molar refractivity (Wildman–Crippen MR) is 87.7 cm³/mol. The minimum Gasteiger partial charge on any atom is -0.710 e. The van der Waals surface area contributed by atoms with E-state index in [1.165, 1.54) is 24.0 Å². The van der Waals surface area contributed by atoms with Gasteiger partial charge in [-0.15, -0.1) is 0 Å². The van der Waals surface area contributed by atoms with E-state index in [2.05, 4.69) is 43.9 Å². The monoisotopic (exact) mass is 284 g/mol. The first-order valence-electron chi connectivity index (χ1n) is 7.89. The maximum atomic E-state index is 13.0. The van der Waals surface area contributed by atoms with Crippen LogP contribution in [0.5, 0.6) is 0 Å². The Morgan fingerprint density at radius 2 is 1.71 bits per heavy atom. The Kier molecular flexibility index (Phi) is 3.52. The Morgan fingerprint density at radius 1 is 1.05 bits per heavy atom. The van der Waals surface area contributed by atoms with Crippen molar-refractivity contribution in [1.29, 1.82) is 0 Å². The number of benzene rings is 1. The number of fused-ring (bicyclic) bond motifs is 1. The zero-order valence-electron chi connectivity index (χ0n) is 13.2. The largest absolute Gasteiger partial charge is 0.710 e. The molecule has 2 heterocycles. The summed E-state index contributed by atoms with van der Waals surface area (Å²) < 4.78 is 1.17. The van der Waals surface area contributed by atoms with Crippen LogP contribution in [0.4, 0.5) is 5.82 Å². The van der Waals surface area contributed by atoms with E-state index in [0.29, 0.717) is 0 Å². The molecule has 0 aliphatic carbocycles. The van der Waals surface area contributed by atoms with Gasteiger partial charge in [-0.05, 0) is 36.8 Å². The summed E-state index contributed by atoms with van der Waals surface area (Å²) in [6.45, 7) is 8.28. The minimum absolute atomic E-state index is 0.156. The average molecular weight is 284 g/mol. The lowest BCUT2D eigenvalue weighted by molar-refractivity contribution is -0.603. The molecule has 0 spiro atoms. The third-order valence-electron chi connectivity index (χ3n) is 4.33. The van der Waals surface area contributed by atoms with Gasteiger partial charge in [0.1, 0.15) is 5.69 Å². The Bertz CT molecular complexity index is 652. The second kappa shape index (κ2) is 5.21. The normalized spacial score (nSPS) is 16.4. The molecule has 1 aromatic carbocycles. The third-order valence-corrected chi connectivity index (χ3v) is 4.33. The Morgan fingerprint density at radius 3 is 2.38 bits per heavy atom. The summed E-state index contributed by atoms with van der Waals surface area (Å²) >= 11 is 0. The van der Waals surface area contributed by atoms with Crippen molar-refractivity contribution in [2.45, 2.75) is 45.4 Å². The fraction of sp³-hybridized carbons (Fsp3) is 0.500. The van der Waals surface area contributed by atoms with Gasteiger partial charge in [0, 0.05) is 5.41 Å². The number of hydrogen-bond acceptors (Lipinski definition) is 2. The molecule has 0 N–H and O–H groups in total. The number of nitrogens with zero attached hydrogens (tertiary/aromatic N) is 2. The highest BCUT2D eigenvalue weighted by molar-refractivity contribution is 5.91. The van der Waals surface area contributed by atoms with Gasteiger partial charge in [-0.2, -0.15) is 0 Å². The van der Waals surface area contributed by atoms with E-state index < -0.39 is 0 Å². The minimum atomic E-state index is -0.156. The molecule has 112 valence electrons. The summed E-state index contributed by atoms with van der Waals surface area (Å²) in [4.78, 5) is 2.27. The summed E-state index contributed by atoms with van der Waals surface area (Å²) in [5.74, 6) is 0.845. The second-order valence-electron chi connectivity index (χ2n) is 7.03. The smallest absolute Gasteiger partial charge is 0.287 e. The summed E-state index contributed by atoms with van der Waals surface area (Å²) in [6, 6.07) is 10.3. The van der Waals surface area contributed by atoms with Crippen LogP contribution in [-0.4, -0.2) is 13.1 Å². The van der Waals surface area contributed by atoms with E-state index in [4.69, 9.17) is 0 Å². The lowest BCUT2D eigenvalue weighted by Gasteiger charge is -2.30. The van der Waals surface area contributed by atoms with Crippen LogP contribution < -0.4 is 9.63 Å². The number of hydrogen-bond donors (Lipinski definition) is 0. The topological polar surface area (TPSA) is 30.2 Å². The number of pyridine rings is 1. The highest BCUT2D eigenvalue weighted by Gasteiger charge is 2.28. The zero-order valence-corrected chi connectivity index (χ0v) is 13.2. The van der Waals surface area contributed by atoms with Crippen LogP contribution in [0.1, 0.15) is 45.7 Å². The van der Waals surface area contributed by atoms with Crippen molar-refractivity contribution in [3.63, 3.8) is 0 Å². The Hall–Kier alpha value is -1.77. The van der Waals surface area contributed by atoms with Gasteiger partial charge in [-0.3, -0.25) is 4.90 Å². The van der Waals surface area contributed by atoms with Gasteiger partial charge >= 0.3 is 0 Å². The van der Waals surface area contributed by atoms with Gasteiger partial charge in [-0.25, -0.2) is 4.73 Å². The molecule has 0 amide bonds. The molecule has 0 radical (unpaired) electrons. The second-order valence-corrected chi connectivity index (χ2v) is 7.03. The zero-order chi connectivity index (χ0) is 15.0. The molecule has 3 heteroatoms. The number of anilines is 1. The maximum Gasteiger partial charge on any atom is 0.287 e. The summed E-state index contributed by atoms with van der Waals surface area (Å²) in [5.41, 5.74) is 0.692. The van der Waals surface area contributed by atoms with E-state index >= 15 is 0 Å². The molecule has 2 aromatic rings. The van der Waals surface area contributed by atoms with E-state index in [-0.39, 0.29) is 5.41 Å². The first-order chi connectivity index (χ1) is 9.98. The Balaban J connectivity index is 2.26. The van der Waals surface area contributed by atoms with Gasteiger partial charge in [0.05, 0.1) is 18.5 Å². The van der Waals surface area contributed by atoms with Crippen molar-refractivity contribution in [3.8, 4) is 0 Å². The number of piperidine rings is 1. The fourth-order valence-corrected chi connectivity index (χ4v) is 3.18. The van der Waals surface area contributed by atoms with Crippen molar-refractivity contribution in [2.75, 3.05) is 18.0 Å². The molecule has 1 aliphatic heterocycles. The summed E-state index contributed by atoms with van der Waals surface area (Å²) in [5, 5.41) is 15.2. The van der Waals surface area contributed by atoms with Crippen molar-refractivity contribution in [2.24, 2.45) is 0 Å². The van der Waals surface area contributed by atoms with Crippen LogP contribution in [0, 0.1) is 5.21 Å². The van der Waals surface area contributed by atoms with Gasteiger partial charge in [0.2, 0.25) is 0 Å². The summed E-state index contributed by atoms with van der Waals surface area (Å²) in [7, 11) is 0. The molecule has 1 aliphatic rings. The molecule has 21 heavy (non-hydrogen) atoms. The molecule has 0 atom stereocenters. The number of rotatable bonds is 1. The van der Waals surface area contributed by atoms with E-state index in [1.54, 1.807) is 0 Å². The molecule has 0 bridgehead atoms. The molecule has 1 aromatic heterocycles. The molecule has 3 nitrogen and oxygen atoms in total. The quantitative estimate of drug-likeness (QED) is 0.589. The van der Waals surface area contributed by atoms with E-state index in [1.807, 2.05) is 12.1 Å².